The van der Waals surface area contributed by atoms with Gasteiger partial charge in [0.25, 0.3) is 0 Å². The van der Waals surface area contributed by atoms with Crippen LogP contribution in [-0.4, -0.2) is 14.1 Å². The average molecular weight is 570 g/mol. The molecule has 3 heterocycles. The third-order valence-corrected chi connectivity index (χ3v) is 7.46. The van der Waals surface area contributed by atoms with Crippen LogP contribution in [0.3, 0.4) is 0 Å². The Hall–Kier alpha value is -5.30. The molecule has 0 atom stereocenters. The molecule has 3 aromatic heterocycles. The number of benzene rings is 4. The molecule has 4 aromatic carbocycles. The molecule has 0 aliphatic carbocycles. The van der Waals surface area contributed by atoms with Crippen LogP contribution >= 0.6 is 0 Å². The molecule has 0 saturated carbocycles. The van der Waals surface area contributed by atoms with Gasteiger partial charge in [-0.3, -0.25) is 4.57 Å². The number of para-hydroxylation sites is 2. The minimum Gasteiger partial charge on any atom is -0.306 e. The maximum atomic E-state index is 13.7. The Morgan fingerprint density at radius 1 is 0.571 bits per heavy atom. The molecule has 0 unspecified atom stereocenters. The van der Waals surface area contributed by atoms with Crippen molar-refractivity contribution >= 4 is 43.6 Å². The first-order chi connectivity index (χ1) is 20.1. The molecule has 0 radical (unpaired) electrons. The Kier molecular flexibility index (Phi) is 5.40. The first-order valence-electron chi connectivity index (χ1n) is 12.7. The standard InChI is InChI=1S/C32H16F6N4/c33-31(34,35)19-9-11-23-21-5-1-3-7-25(21)41(27(23)14-19)29-17-40-30(13-18(29)16-39)42-26-8-4-2-6-22(26)24-12-10-20(15-28(24)42)32(36,37)38/h1-15,17H. The van der Waals surface area contributed by atoms with Crippen molar-refractivity contribution in [2.75, 3.05) is 0 Å². The number of pyridine rings is 1. The fourth-order valence-corrected chi connectivity index (χ4v) is 5.63. The molecule has 42 heavy (non-hydrogen) atoms. The predicted octanol–water partition coefficient (Wildman–Crippen LogP) is 9.19. The molecule has 0 bridgehead atoms. The topological polar surface area (TPSA) is 46.5 Å². The van der Waals surface area contributed by atoms with Crippen LogP contribution < -0.4 is 0 Å². The van der Waals surface area contributed by atoms with E-state index in [4.69, 9.17) is 0 Å². The fraction of sp³-hybridized carbons (Fsp3) is 0.0625. The van der Waals surface area contributed by atoms with Crippen molar-refractivity contribution in [1.29, 1.82) is 5.26 Å². The number of nitriles is 1. The Labute approximate surface area is 233 Å². The summed E-state index contributed by atoms with van der Waals surface area (Å²) in [5.41, 5.74) is 0.300. The van der Waals surface area contributed by atoms with E-state index < -0.39 is 23.5 Å². The monoisotopic (exact) mass is 570 g/mol. The highest BCUT2D eigenvalue weighted by molar-refractivity contribution is 6.10. The lowest BCUT2D eigenvalue weighted by Gasteiger charge is -2.14. The second-order valence-corrected chi connectivity index (χ2v) is 9.84. The number of halogens is 6. The van der Waals surface area contributed by atoms with E-state index in [1.54, 1.807) is 57.7 Å². The molecule has 0 amide bonds. The van der Waals surface area contributed by atoms with Crippen LogP contribution in [0.25, 0.3) is 55.1 Å². The minimum absolute atomic E-state index is 0.0815. The van der Waals surface area contributed by atoms with E-state index in [1.807, 2.05) is 0 Å². The second kappa shape index (κ2) is 8.85. The number of fused-ring (bicyclic) bond motifs is 6. The van der Waals surface area contributed by atoms with Gasteiger partial charge in [0.05, 0.1) is 50.6 Å². The van der Waals surface area contributed by atoms with Gasteiger partial charge in [0, 0.05) is 27.6 Å². The largest absolute Gasteiger partial charge is 0.416 e. The van der Waals surface area contributed by atoms with E-state index in [1.165, 1.54) is 24.4 Å². The van der Waals surface area contributed by atoms with Crippen molar-refractivity contribution in [3.8, 4) is 17.6 Å². The Morgan fingerprint density at radius 2 is 1.05 bits per heavy atom. The third-order valence-electron chi connectivity index (χ3n) is 7.46. The predicted molar refractivity (Wildman–Crippen MR) is 148 cm³/mol. The molecule has 0 spiro atoms. The van der Waals surface area contributed by atoms with Crippen molar-refractivity contribution in [1.82, 2.24) is 14.1 Å². The highest BCUT2D eigenvalue weighted by atomic mass is 19.4. The van der Waals surface area contributed by atoms with E-state index in [2.05, 4.69) is 11.1 Å². The molecule has 7 rings (SSSR count). The second-order valence-electron chi connectivity index (χ2n) is 9.84. The molecule has 206 valence electrons. The number of alkyl halides is 6. The van der Waals surface area contributed by atoms with Crippen LogP contribution in [0.4, 0.5) is 26.3 Å². The van der Waals surface area contributed by atoms with Crippen LogP contribution in [0.2, 0.25) is 0 Å². The Bertz CT molecular complexity index is 2250. The molecule has 4 nitrogen and oxygen atoms in total. The van der Waals surface area contributed by atoms with E-state index in [-0.39, 0.29) is 28.1 Å². The van der Waals surface area contributed by atoms with E-state index in [0.717, 1.165) is 24.3 Å². The number of hydrogen-bond acceptors (Lipinski definition) is 2. The molecule has 0 aliphatic heterocycles. The zero-order valence-corrected chi connectivity index (χ0v) is 21.3. The van der Waals surface area contributed by atoms with Gasteiger partial charge in [0.1, 0.15) is 11.9 Å². The van der Waals surface area contributed by atoms with Gasteiger partial charge in [0.15, 0.2) is 0 Å². The average Bonchev–Trinajstić information content (AvgIpc) is 3.48. The van der Waals surface area contributed by atoms with Crippen LogP contribution in [0, 0.1) is 11.3 Å². The van der Waals surface area contributed by atoms with Crippen molar-refractivity contribution in [3.05, 3.63) is 114 Å². The normalized spacial score (nSPS) is 12.5. The number of nitrogens with zero attached hydrogens (tertiary/aromatic N) is 4. The quantitative estimate of drug-likeness (QED) is 0.195. The highest BCUT2D eigenvalue weighted by Gasteiger charge is 2.32. The summed E-state index contributed by atoms with van der Waals surface area (Å²) in [6.07, 6.45) is -7.79. The summed E-state index contributed by atoms with van der Waals surface area (Å²) in [4.78, 5) is 4.55. The Morgan fingerprint density at radius 3 is 1.57 bits per heavy atom. The van der Waals surface area contributed by atoms with Gasteiger partial charge in [-0.15, -0.1) is 0 Å². The van der Waals surface area contributed by atoms with Crippen LogP contribution in [-0.2, 0) is 12.4 Å². The lowest BCUT2D eigenvalue weighted by Crippen LogP contribution is -2.07. The maximum absolute atomic E-state index is 13.7. The van der Waals surface area contributed by atoms with Crippen LogP contribution in [0.15, 0.2) is 97.2 Å². The lowest BCUT2D eigenvalue weighted by atomic mass is 10.1. The van der Waals surface area contributed by atoms with Gasteiger partial charge in [0.2, 0.25) is 0 Å². The summed E-state index contributed by atoms with van der Waals surface area (Å²) in [5.74, 6) is 0.192. The molecule has 10 heteroatoms. The van der Waals surface area contributed by atoms with Gasteiger partial charge < -0.3 is 4.57 Å². The summed E-state index contributed by atoms with van der Waals surface area (Å²) in [6.45, 7) is 0. The molecule has 0 fully saturated rings. The zero-order chi connectivity index (χ0) is 29.4. The van der Waals surface area contributed by atoms with Crippen molar-refractivity contribution in [2.24, 2.45) is 0 Å². The first-order valence-corrected chi connectivity index (χ1v) is 12.7. The summed E-state index contributed by atoms with van der Waals surface area (Å²) in [5, 5.41) is 12.7. The van der Waals surface area contributed by atoms with Gasteiger partial charge in [-0.2, -0.15) is 31.6 Å². The van der Waals surface area contributed by atoms with E-state index in [9.17, 15) is 31.6 Å². The third kappa shape index (κ3) is 3.81. The number of aromatic nitrogens is 3. The molecule has 0 aliphatic rings. The first kappa shape index (κ1) is 25.7. The highest BCUT2D eigenvalue weighted by Crippen LogP contribution is 2.39. The number of hydrogen-bond donors (Lipinski definition) is 0. The molecular formula is C32H16F6N4. The number of rotatable bonds is 2. The fourth-order valence-electron chi connectivity index (χ4n) is 5.63. The SMILES string of the molecule is N#Cc1cc(-n2c3ccccc3c3ccc(C(F)(F)F)cc32)ncc1-n1c2ccccc2c2ccc(C(F)(F)F)cc21. The summed E-state index contributed by atoms with van der Waals surface area (Å²) in [6, 6.07) is 24.6. The minimum atomic E-state index is -4.58. The zero-order valence-electron chi connectivity index (χ0n) is 21.3. The van der Waals surface area contributed by atoms with Crippen molar-refractivity contribution in [3.63, 3.8) is 0 Å². The van der Waals surface area contributed by atoms with Gasteiger partial charge in [-0.25, -0.2) is 4.98 Å². The molecule has 7 aromatic rings. The lowest BCUT2D eigenvalue weighted by molar-refractivity contribution is -0.138. The summed E-state index contributed by atoms with van der Waals surface area (Å²) < 4.78 is 85.1. The van der Waals surface area contributed by atoms with E-state index >= 15 is 0 Å². The van der Waals surface area contributed by atoms with Gasteiger partial charge in [-0.1, -0.05) is 48.5 Å². The smallest absolute Gasteiger partial charge is 0.306 e. The van der Waals surface area contributed by atoms with E-state index in [0.29, 0.717) is 32.6 Å². The van der Waals surface area contributed by atoms with Crippen molar-refractivity contribution < 1.29 is 26.3 Å². The summed E-state index contributed by atoms with van der Waals surface area (Å²) >= 11 is 0. The molecule has 0 saturated heterocycles. The maximum Gasteiger partial charge on any atom is 0.416 e. The van der Waals surface area contributed by atoms with Gasteiger partial charge >= 0.3 is 12.4 Å². The van der Waals surface area contributed by atoms with Crippen LogP contribution in [0.5, 0.6) is 0 Å². The van der Waals surface area contributed by atoms with Crippen molar-refractivity contribution in [2.45, 2.75) is 12.4 Å². The molecule has 0 N–H and O–H groups in total. The van der Waals surface area contributed by atoms with Gasteiger partial charge in [-0.05, 0) is 36.4 Å². The van der Waals surface area contributed by atoms with Crippen LogP contribution in [0.1, 0.15) is 16.7 Å². The Balaban J connectivity index is 1.51. The molecular weight excluding hydrogens is 554 g/mol. The summed E-state index contributed by atoms with van der Waals surface area (Å²) in [7, 11) is 0.